The van der Waals surface area contributed by atoms with Crippen LogP contribution < -0.4 is 15.6 Å². The summed E-state index contributed by atoms with van der Waals surface area (Å²) in [5.74, 6) is -0.375. The second kappa shape index (κ2) is 6.07. The smallest absolute Gasteiger partial charge is 0.164 e. The lowest BCUT2D eigenvalue weighted by atomic mass is 10.1. The van der Waals surface area contributed by atoms with Gasteiger partial charge in [0, 0.05) is 6.54 Å². The van der Waals surface area contributed by atoms with Crippen LogP contribution in [0, 0.1) is 5.82 Å². The maximum Gasteiger partial charge on any atom is 0.164 e. The summed E-state index contributed by atoms with van der Waals surface area (Å²) in [4.78, 5) is 4.37. The number of hydrazine groups is 1. The molecule has 0 radical (unpaired) electrons. The lowest BCUT2D eigenvalue weighted by Gasteiger charge is -2.10. The van der Waals surface area contributed by atoms with E-state index in [4.69, 9.17) is 4.74 Å². The van der Waals surface area contributed by atoms with Gasteiger partial charge in [-0.1, -0.05) is 6.07 Å². The highest BCUT2D eigenvalue weighted by Gasteiger charge is 2.16. The Morgan fingerprint density at radius 3 is 2.90 bits per heavy atom. The largest absolute Gasteiger partial charge is 0.505 e. The van der Waals surface area contributed by atoms with E-state index in [-0.39, 0.29) is 18.4 Å². The Kier molecular flexibility index (Phi) is 3.98. The fraction of sp³-hybridized carbons (Fsp3) is 0.267. The SMILES string of the molecule is Oc1cc(COc2ccc(C3CCNN3)nc2)ccc1F. The van der Waals surface area contributed by atoms with E-state index >= 15 is 0 Å². The van der Waals surface area contributed by atoms with Crippen molar-refractivity contribution in [2.75, 3.05) is 6.54 Å². The van der Waals surface area contributed by atoms with Crippen molar-refractivity contribution in [2.45, 2.75) is 19.1 Å². The number of pyridine rings is 1. The molecule has 0 aliphatic carbocycles. The topological polar surface area (TPSA) is 66.4 Å². The van der Waals surface area contributed by atoms with Crippen LogP contribution in [0.1, 0.15) is 23.7 Å². The quantitative estimate of drug-likeness (QED) is 0.804. The van der Waals surface area contributed by atoms with Gasteiger partial charge in [-0.05, 0) is 36.2 Å². The van der Waals surface area contributed by atoms with E-state index in [0.717, 1.165) is 18.7 Å². The predicted octanol–water partition coefficient (Wildman–Crippen LogP) is 2.04. The molecule has 0 saturated carbocycles. The summed E-state index contributed by atoms with van der Waals surface area (Å²) in [6.07, 6.45) is 2.67. The highest BCUT2D eigenvalue weighted by atomic mass is 19.1. The Hall–Kier alpha value is -2.18. The molecule has 1 aromatic carbocycles. The molecule has 1 atom stereocenters. The van der Waals surface area contributed by atoms with Gasteiger partial charge in [-0.2, -0.15) is 0 Å². The molecule has 1 fully saturated rings. The van der Waals surface area contributed by atoms with Crippen LogP contribution in [0.3, 0.4) is 0 Å². The van der Waals surface area contributed by atoms with Gasteiger partial charge in [-0.25, -0.2) is 9.82 Å². The van der Waals surface area contributed by atoms with E-state index in [2.05, 4.69) is 15.8 Å². The average Bonchev–Trinajstić information content (AvgIpc) is 3.03. The fourth-order valence-corrected chi connectivity index (χ4v) is 2.20. The number of ether oxygens (including phenoxy) is 1. The maximum atomic E-state index is 12.9. The summed E-state index contributed by atoms with van der Waals surface area (Å²) in [5, 5.41) is 9.30. The van der Waals surface area contributed by atoms with Crippen molar-refractivity contribution in [3.05, 3.63) is 53.6 Å². The van der Waals surface area contributed by atoms with E-state index in [1.54, 1.807) is 12.3 Å². The molecule has 21 heavy (non-hydrogen) atoms. The number of aromatic nitrogens is 1. The maximum absolute atomic E-state index is 12.9. The Balaban J connectivity index is 1.61. The number of hydrogen-bond donors (Lipinski definition) is 3. The molecule has 0 bridgehead atoms. The van der Waals surface area contributed by atoms with Gasteiger partial charge in [0.25, 0.3) is 0 Å². The van der Waals surface area contributed by atoms with Gasteiger partial charge >= 0.3 is 0 Å². The van der Waals surface area contributed by atoms with E-state index in [1.165, 1.54) is 12.1 Å². The predicted molar refractivity (Wildman–Crippen MR) is 75.1 cm³/mol. The summed E-state index contributed by atoms with van der Waals surface area (Å²) in [6.45, 7) is 1.18. The fourth-order valence-electron chi connectivity index (χ4n) is 2.20. The molecule has 6 heteroatoms. The molecular formula is C15H16FN3O2. The highest BCUT2D eigenvalue weighted by molar-refractivity contribution is 5.29. The van der Waals surface area contributed by atoms with E-state index in [0.29, 0.717) is 11.3 Å². The first-order chi connectivity index (χ1) is 10.2. The lowest BCUT2D eigenvalue weighted by Crippen LogP contribution is -2.25. The molecular weight excluding hydrogens is 273 g/mol. The monoisotopic (exact) mass is 289 g/mol. The molecule has 1 aliphatic heterocycles. The number of nitrogens with zero attached hydrogens (tertiary/aromatic N) is 1. The highest BCUT2D eigenvalue weighted by Crippen LogP contribution is 2.21. The molecule has 1 aromatic heterocycles. The first-order valence-corrected chi connectivity index (χ1v) is 6.77. The summed E-state index contributed by atoms with van der Waals surface area (Å²) in [5.41, 5.74) is 7.87. The minimum Gasteiger partial charge on any atom is -0.505 e. The van der Waals surface area contributed by atoms with Crippen molar-refractivity contribution < 1.29 is 14.2 Å². The molecule has 110 valence electrons. The molecule has 0 amide bonds. The number of halogens is 1. The third-order valence-corrected chi connectivity index (χ3v) is 3.37. The van der Waals surface area contributed by atoms with Crippen molar-refractivity contribution in [3.63, 3.8) is 0 Å². The summed E-state index contributed by atoms with van der Waals surface area (Å²) in [7, 11) is 0. The van der Waals surface area contributed by atoms with Crippen LogP contribution in [0.5, 0.6) is 11.5 Å². The van der Waals surface area contributed by atoms with Crippen molar-refractivity contribution in [3.8, 4) is 11.5 Å². The number of aromatic hydroxyl groups is 1. The van der Waals surface area contributed by atoms with E-state index < -0.39 is 5.82 Å². The minimum absolute atomic E-state index is 0.230. The van der Waals surface area contributed by atoms with E-state index in [9.17, 15) is 9.50 Å². The Morgan fingerprint density at radius 2 is 2.24 bits per heavy atom. The van der Waals surface area contributed by atoms with Crippen molar-refractivity contribution >= 4 is 0 Å². The zero-order valence-electron chi connectivity index (χ0n) is 11.3. The second-order valence-electron chi connectivity index (χ2n) is 4.91. The van der Waals surface area contributed by atoms with Gasteiger partial charge in [0.2, 0.25) is 0 Å². The van der Waals surface area contributed by atoms with Crippen LogP contribution in [-0.2, 0) is 6.61 Å². The number of nitrogens with one attached hydrogen (secondary N) is 2. The number of benzene rings is 1. The van der Waals surface area contributed by atoms with Crippen molar-refractivity contribution in [1.82, 2.24) is 15.8 Å². The van der Waals surface area contributed by atoms with Gasteiger partial charge in [0.05, 0.1) is 17.9 Å². The van der Waals surface area contributed by atoms with Gasteiger partial charge < -0.3 is 9.84 Å². The van der Waals surface area contributed by atoms with E-state index in [1.807, 2.05) is 12.1 Å². The third-order valence-electron chi connectivity index (χ3n) is 3.37. The van der Waals surface area contributed by atoms with Crippen LogP contribution in [0.25, 0.3) is 0 Å². The Morgan fingerprint density at radius 1 is 1.33 bits per heavy atom. The molecule has 2 heterocycles. The number of phenolic OH excluding ortho intramolecular Hbond substituents is 1. The normalized spacial score (nSPS) is 17.9. The standard InChI is InChI=1S/C15H16FN3O2/c16-12-3-1-10(7-15(12)20)9-21-11-2-4-13(17-8-11)14-5-6-18-19-14/h1-4,7-8,14,18-20H,5-6,9H2. The molecule has 1 saturated heterocycles. The van der Waals surface area contributed by atoms with Gasteiger partial charge in [-0.15, -0.1) is 0 Å². The molecule has 2 aromatic rings. The molecule has 5 nitrogen and oxygen atoms in total. The van der Waals surface area contributed by atoms with Gasteiger partial charge in [-0.3, -0.25) is 10.4 Å². The van der Waals surface area contributed by atoms with Crippen LogP contribution in [0.2, 0.25) is 0 Å². The van der Waals surface area contributed by atoms with Crippen molar-refractivity contribution in [1.29, 1.82) is 0 Å². The average molecular weight is 289 g/mol. The Labute approximate surface area is 121 Å². The minimum atomic E-state index is -0.637. The van der Waals surface area contributed by atoms with Crippen LogP contribution in [0.4, 0.5) is 4.39 Å². The van der Waals surface area contributed by atoms with Gasteiger partial charge in [0.1, 0.15) is 12.4 Å². The zero-order chi connectivity index (χ0) is 14.7. The summed E-state index contributed by atoms with van der Waals surface area (Å²) >= 11 is 0. The molecule has 3 rings (SSSR count). The Bertz CT molecular complexity index is 613. The number of rotatable bonds is 4. The zero-order valence-corrected chi connectivity index (χ0v) is 11.3. The molecule has 3 N–H and O–H groups in total. The molecule has 0 spiro atoms. The van der Waals surface area contributed by atoms with Crippen LogP contribution in [-0.4, -0.2) is 16.6 Å². The van der Waals surface area contributed by atoms with Crippen molar-refractivity contribution in [2.24, 2.45) is 0 Å². The molecule has 1 unspecified atom stereocenters. The van der Waals surface area contributed by atoms with Gasteiger partial charge in [0.15, 0.2) is 11.6 Å². The third kappa shape index (κ3) is 3.29. The number of hydrogen-bond acceptors (Lipinski definition) is 5. The number of phenols is 1. The first-order valence-electron chi connectivity index (χ1n) is 6.77. The first kappa shape index (κ1) is 13.8. The van der Waals surface area contributed by atoms with Crippen LogP contribution in [0.15, 0.2) is 36.5 Å². The lowest BCUT2D eigenvalue weighted by molar-refractivity contribution is 0.303. The summed E-state index contributed by atoms with van der Waals surface area (Å²) < 4.78 is 18.5. The summed E-state index contributed by atoms with van der Waals surface area (Å²) in [6, 6.07) is 8.14. The van der Waals surface area contributed by atoms with Crippen LogP contribution >= 0.6 is 0 Å². The molecule has 1 aliphatic rings. The second-order valence-corrected chi connectivity index (χ2v) is 4.91.